The van der Waals surface area contributed by atoms with Gasteiger partial charge in [0.2, 0.25) is 5.88 Å². The molecule has 0 amide bonds. The third-order valence-electron chi connectivity index (χ3n) is 3.32. The molecule has 0 spiro atoms. The lowest BCUT2D eigenvalue weighted by atomic mass is 10.3. The quantitative estimate of drug-likeness (QED) is 0.262. The topological polar surface area (TPSA) is 58.5 Å². The van der Waals surface area contributed by atoms with Crippen molar-refractivity contribution in [2.75, 3.05) is 31.7 Å². The van der Waals surface area contributed by atoms with Gasteiger partial charge in [-0.15, -0.1) is 24.0 Å². The van der Waals surface area contributed by atoms with E-state index < -0.39 is 0 Å². The summed E-state index contributed by atoms with van der Waals surface area (Å²) >= 11 is 1.82. The highest BCUT2D eigenvalue weighted by Gasteiger charge is 2.21. The number of hydrogen-bond donors (Lipinski definition) is 2. The average Bonchev–Trinajstić information content (AvgIpc) is 3.36. The van der Waals surface area contributed by atoms with Crippen LogP contribution in [0.5, 0.6) is 5.88 Å². The van der Waals surface area contributed by atoms with Crippen LogP contribution in [0, 0.1) is 5.92 Å². The van der Waals surface area contributed by atoms with E-state index in [0.29, 0.717) is 12.4 Å². The van der Waals surface area contributed by atoms with Crippen molar-refractivity contribution in [2.45, 2.75) is 26.3 Å². The molecule has 1 fully saturated rings. The van der Waals surface area contributed by atoms with Gasteiger partial charge in [0.1, 0.15) is 0 Å². The van der Waals surface area contributed by atoms with E-state index in [1.165, 1.54) is 12.8 Å². The molecule has 1 aliphatic rings. The van der Waals surface area contributed by atoms with Crippen LogP contribution in [0.4, 0.5) is 0 Å². The van der Waals surface area contributed by atoms with Crippen molar-refractivity contribution in [3.05, 3.63) is 23.9 Å². The molecule has 0 unspecified atom stereocenters. The van der Waals surface area contributed by atoms with Crippen LogP contribution in [0.3, 0.4) is 0 Å². The number of guanidine groups is 1. The number of nitrogens with zero attached hydrogens (tertiary/aromatic N) is 2. The van der Waals surface area contributed by atoms with E-state index in [4.69, 9.17) is 4.74 Å². The van der Waals surface area contributed by atoms with Crippen molar-refractivity contribution >= 4 is 41.7 Å². The summed E-state index contributed by atoms with van der Waals surface area (Å²) in [4.78, 5) is 8.92. The van der Waals surface area contributed by atoms with Gasteiger partial charge >= 0.3 is 0 Å². The first kappa shape index (κ1) is 20.3. The highest BCUT2D eigenvalue weighted by atomic mass is 127. The fraction of sp³-hybridized carbons (Fsp3) is 0.625. The molecule has 7 heteroatoms. The maximum atomic E-state index is 5.64. The van der Waals surface area contributed by atoms with E-state index in [1.54, 1.807) is 0 Å². The van der Waals surface area contributed by atoms with Gasteiger partial charge in [-0.1, -0.05) is 6.07 Å². The molecule has 2 rings (SSSR count). The van der Waals surface area contributed by atoms with Crippen LogP contribution in [0.25, 0.3) is 0 Å². The van der Waals surface area contributed by atoms with Gasteiger partial charge in [0, 0.05) is 31.1 Å². The Morgan fingerprint density at radius 1 is 1.39 bits per heavy atom. The molecule has 2 N–H and O–H groups in total. The Kier molecular flexibility index (Phi) is 10.4. The first-order chi connectivity index (χ1) is 10.8. The summed E-state index contributed by atoms with van der Waals surface area (Å²) in [6.07, 6.45) is 6.54. The molecule has 0 atom stereocenters. The standard InChI is InChI=1S/C16H26N4OS.HI/c1-3-17-16(18-8-9-22-2)20-11-14-6-7-15(19-10-14)21-12-13-4-5-13;/h6-7,10,13H,3-5,8-9,11-12H2,1-2H3,(H2,17,18,20);1H. The first-order valence-corrected chi connectivity index (χ1v) is 9.30. The lowest BCUT2D eigenvalue weighted by Gasteiger charge is -2.10. The summed E-state index contributed by atoms with van der Waals surface area (Å²) in [6, 6.07) is 3.96. The maximum Gasteiger partial charge on any atom is 0.213 e. The van der Waals surface area contributed by atoms with Crippen molar-refractivity contribution in [3.63, 3.8) is 0 Å². The third-order valence-corrected chi connectivity index (χ3v) is 3.94. The molecule has 1 aromatic rings. The lowest BCUT2D eigenvalue weighted by molar-refractivity contribution is 0.288. The summed E-state index contributed by atoms with van der Waals surface area (Å²) < 4.78 is 5.64. The molecular weight excluding hydrogens is 423 g/mol. The van der Waals surface area contributed by atoms with Crippen LogP contribution in [-0.2, 0) is 6.54 Å². The normalized spacial score (nSPS) is 14.1. The molecule has 1 saturated carbocycles. The molecule has 23 heavy (non-hydrogen) atoms. The summed E-state index contributed by atoms with van der Waals surface area (Å²) in [5.41, 5.74) is 1.08. The largest absolute Gasteiger partial charge is 0.477 e. The van der Waals surface area contributed by atoms with Gasteiger partial charge in [0.15, 0.2) is 5.96 Å². The zero-order valence-electron chi connectivity index (χ0n) is 13.9. The van der Waals surface area contributed by atoms with Gasteiger partial charge in [-0.25, -0.2) is 9.98 Å². The Balaban J connectivity index is 0.00000264. The highest BCUT2D eigenvalue weighted by Crippen LogP contribution is 2.29. The Bertz CT molecular complexity index is 466. The smallest absolute Gasteiger partial charge is 0.213 e. The second-order valence-corrected chi connectivity index (χ2v) is 6.36. The number of pyridine rings is 1. The minimum absolute atomic E-state index is 0. The molecule has 0 saturated heterocycles. The van der Waals surface area contributed by atoms with E-state index in [0.717, 1.165) is 42.9 Å². The van der Waals surface area contributed by atoms with Crippen molar-refractivity contribution in [3.8, 4) is 5.88 Å². The molecule has 1 aromatic heterocycles. The Morgan fingerprint density at radius 3 is 2.83 bits per heavy atom. The number of halogens is 1. The Labute approximate surface area is 160 Å². The van der Waals surface area contributed by atoms with E-state index in [-0.39, 0.29) is 24.0 Å². The summed E-state index contributed by atoms with van der Waals surface area (Å²) in [6.45, 7) is 5.26. The van der Waals surface area contributed by atoms with Gasteiger partial charge < -0.3 is 15.4 Å². The summed E-state index contributed by atoms with van der Waals surface area (Å²) in [5.74, 6) is 3.38. The number of thioether (sulfide) groups is 1. The predicted molar refractivity (Wildman–Crippen MR) is 109 cm³/mol. The number of aromatic nitrogens is 1. The molecule has 1 heterocycles. The number of nitrogens with one attached hydrogen (secondary N) is 2. The Hall–Kier alpha value is -0.700. The van der Waals surface area contributed by atoms with Crippen molar-refractivity contribution in [2.24, 2.45) is 10.9 Å². The zero-order valence-corrected chi connectivity index (χ0v) is 17.0. The van der Waals surface area contributed by atoms with E-state index in [1.807, 2.05) is 30.1 Å². The minimum Gasteiger partial charge on any atom is -0.477 e. The molecule has 0 aromatic carbocycles. The van der Waals surface area contributed by atoms with Gasteiger partial charge in [-0.3, -0.25) is 0 Å². The number of aliphatic imine (C=N–C) groups is 1. The van der Waals surface area contributed by atoms with E-state index in [9.17, 15) is 0 Å². The lowest BCUT2D eigenvalue weighted by Crippen LogP contribution is -2.38. The molecule has 5 nitrogen and oxygen atoms in total. The fourth-order valence-electron chi connectivity index (χ4n) is 1.86. The summed E-state index contributed by atoms with van der Waals surface area (Å²) in [5, 5.41) is 6.56. The molecule has 1 aliphatic carbocycles. The first-order valence-electron chi connectivity index (χ1n) is 7.90. The molecule has 0 radical (unpaired) electrons. The maximum absolute atomic E-state index is 5.64. The summed E-state index contributed by atoms with van der Waals surface area (Å²) in [7, 11) is 0. The second kappa shape index (κ2) is 11.8. The number of rotatable bonds is 9. The van der Waals surface area contributed by atoms with Crippen LogP contribution < -0.4 is 15.4 Å². The number of hydrogen-bond acceptors (Lipinski definition) is 4. The van der Waals surface area contributed by atoms with Gasteiger partial charge in [0.25, 0.3) is 0 Å². The second-order valence-electron chi connectivity index (χ2n) is 5.37. The van der Waals surface area contributed by atoms with Crippen LogP contribution in [0.15, 0.2) is 23.3 Å². The average molecular weight is 450 g/mol. The fourth-order valence-corrected chi connectivity index (χ4v) is 2.17. The molecule has 0 bridgehead atoms. The minimum atomic E-state index is 0. The van der Waals surface area contributed by atoms with Crippen LogP contribution in [0.1, 0.15) is 25.3 Å². The SMILES string of the molecule is CCNC(=NCc1ccc(OCC2CC2)nc1)NCCSC.I. The van der Waals surface area contributed by atoms with Crippen molar-refractivity contribution in [1.82, 2.24) is 15.6 Å². The van der Waals surface area contributed by atoms with E-state index >= 15 is 0 Å². The predicted octanol–water partition coefficient (Wildman–Crippen LogP) is 2.91. The zero-order chi connectivity index (χ0) is 15.6. The molecular formula is C16H27IN4OS. The highest BCUT2D eigenvalue weighted by molar-refractivity contribution is 14.0. The molecule has 130 valence electrons. The van der Waals surface area contributed by atoms with Crippen LogP contribution >= 0.6 is 35.7 Å². The van der Waals surface area contributed by atoms with Crippen LogP contribution in [-0.4, -0.2) is 42.6 Å². The third kappa shape index (κ3) is 8.64. The number of ether oxygens (including phenoxy) is 1. The van der Waals surface area contributed by atoms with Crippen molar-refractivity contribution in [1.29, 1.82) is 0 Å². The van der Waals surface area contributed by atoms with Gasteiger partial charge in [-0.2, -0.15) is 11.8 Å². The monoisotopic (exact) mass is 450 g/mol. The van der Waals surface area contributed by atoms with E-state index in [2.05, 4.69) is 33.8 Å². The van der Waals surface area contributed by atoms with Crippen molar-refractivity contribution < 1.29 is 4.74 Å². The molecule has 0 aliphatic heterocycles. The van der Waals surface area contributed by atoms with Gasteiger partial charge in [-0.05, 0) is 37.5 Å². The Morgan fingerprint density at radius 2 is 2.22 bits per heavy atom. The van der Waals surface area contributed by atoms with Crippen LogP contribution in [0.2, 0.25) is 0 Å². The van der Waals surface area contributed by atoms with Gasteiger partial charge in [0.05, 0.1) is 13.2 Å².